The first-order valence-electron chi connectivity index (χ1n) is 6.76. The minimum absolute atomic E-state index is 0.221. The highest BCUT2D eigenvalue weighted by Crippen LogP contribution is 2.27. The van der Waals surface area contributed by atoms with E-state index in [0.717, 1.165) is 5.39 Å². The standard InChI is InChI=1S/C15H15N3O3/c16-10-4-1-3-9-6-7-17-13(12(9)10)14(19)18-8-2-5-11(18)15(20)21/h1,3-4,6-7,11H,2,5,8,16H2,(H,20,21). The number of benzene rings is 1. The molecule has 0 spiro atoms. The number of likely N-dealkylation sites (tertiary alicyclic amines) is 1. The second-order valence-electron chi connectivity index (χ2n) is 5.10. The highest BCUT2D eigenvalue weighted by Gasteiger charge is 2.35. The number of hydrogen-bond donors (Lipinski definition) is 2. The first-order valence-corrected chi connectivity index (χ1v) is 6.76. The fourth-order valence-corrected chi connectivity index (χ4v) is 2.82. The van der Waals surface area contributed by atoms with Crippen molar-refractivity contribution in [1.29, 1.82) is 0 Å². The van der Waals surface area contributed by atoms with E-state index in [1.54, 1.807) is 18.3 Å². The van der Waals surface area contributed by atoms with E-state index in [2.05, 4.69) is 4.98 Å². The van der Waals surface area contributed by atoms with Crippen LogP contribution in [0.2, 0.25) is 0 Å². The number of fused-ring (bicyclic) bond motifs is 1. The third-order valence-corrected chi connectivity index (χ3v) is 3.82. The minimum Gasteiger partial charge on any atom is -0.480 e. The van der Waals surface area contributed by atoms with Gasteiger partial charge in [-0.3, -0.25) is 9.78 Å². The maximum atomic E-state index is 12.7. The maximum Gasteiger partial charge on any atom is 0.326 e. The Morgan fingerprint density at radius 3 is 2.90 bits per heavy atom. The summed E-state index contributed by atoms with van der Waals surface area (Å²) in [7, 11) is 0. The van der Waals surface area contributed by atoms with Crippen LogP contribution in [0.25, 0.3) is 10.8 Å². The van der Waals surface area contributed by atoms with Crippen molar-refractivity contribution in [2.24, 2.45) is 0 Å². The lowest BCUT2D eigenvalue weighted by atomic mass is 10.1. The van der Waals surface area contributed by atoms with Crippen molar-refractivity contribution < 1.29 is 14.7 Å². The fraction of sp³-hybridized carbons (Fsp3) is 0.267. The number of carbonyl (C=O) groups excluding carboxylic acids is 1. The van der Waals surface area contributed by atoms with Crippen LogP contribution in [0.5, 0.6) is 0 Å². The molecule has 0 saturated carbocycles. The molecule has 1 fully saturated rings. The lowest BCUT2D eigenvalue weighted by Gasteiger charge is -2.21. The number of amides is 1. The zero-order valence-corrected chi connectivity index (χ0v) is 11.3. The molecular weight excluding hydrogens is 270 g/mol. The monoisotopic (exact) mass is 285 g/mol. The third kappa shape index (κ3) is 2.18. The second-order valence-corrected chi connectivity index (χ2v) is 5.10. The van der Waals surface area contributed by atoms with Crippen LogP contribution in [-0.2, 0) is 4.79 Å². The molecule has 0 bridgehead atoms. The predicted octanol–water partition coefficient (Wildman–Crippen LogP) is 1.51. The molecule has 1 unspecified atom stereocenters. The Morgan fingerprint density at radius 2 is 2.14 bits per heavy atom. The first-order chi connectivity index (χ1) is 10.1. The molecule has 1 atom stereocenters. The summed E-state index contributed by atoms with van der Waals surface area (Å²) in [4.78, 5) is 29.4. The summed E-state index contributed by atoms with van der Waals surface area (Å²) >= 11 is 0. The summed E-state index contributed by atoms with van der Waals surface area (Å²) in [6, 6.07) is 6.37. The Balaban J connectivity index is 2.08. The number of nitrogens with zero attached hydrogens (tertiary/aromatic N) is 2. The van der Waals surface area contributed by atoms with Gasteiger partial charge in [0, 0.05) is 23.8 Å². The van der Waals surface area contributed by atoms with Gasteiger partial charge in [0.1, 0.15) is 11.7 Å². The summed E-state index contributed by atoms with van der Waals surface area (Å²) in [6.45, 7) is 0.431. The van der Waals surface area contributed by atoms with E-state index >= 15 is 0 Å². The number of nitrogen functional groups attached to an aromatic ring is 1. The molecule has 1 aromatic heterocycles. The summed E-state index contributed by atoms with van der Waals surface area (Å²) in [5.41, 5.74) is 6.65. The van der Waals surface area contributed by atoms with Crippen molar-refractivity contribution in [3.63, 3.8) is 0 Å². The normalized spacial score (nSPS) is 18.1. The number of hydrogen-bond acceptors (Lipinski definition) is 4. The Kier molecular flexibility index (Phi) is 3.21. The Morgan fingerprint density at radius 1 is 1.33 bits per heavy atom. The maximum absolute atomic E-state index is 12.7. The lowest BCUT2D eigenvalue weighted by molar-refractivity contribution is -0.141. The van der Waals surface area contributed by atoms with Crippen LogP contribution in [0.15, 0.2) is 30.5 Å². The largest absolute Gasteiger partial charge is 0.480 e. The quantitative estimate of drug-likeness (QED) is 0.815. The van der Waals surface area contributed by atoms with Gasteiger partial charge in [0.2, 0.25) is 0 Å². The van der Waals surface area contributed by atoms with Gasteiger partial charge in [0.25, 0.3) is 5.91 Å². The number of carboxylic acids is 1. The van der Waals surface area contributed by atoms with Crippen LogP contribution in [0.3, 0.4) is 0 Å². The molecule has 0 radical (unpaired) electrons. The van der Waals surface area contributed by atoms with Crippen LogP contribution < -0.4 is 5.73 Å². The van der Waals surface area contributed by atoms with E-state index in [4.69, 9.17) is 5.73 Å². The molecule has 1 aromatic carbocycles. The molecule has 1 saturated heterocycles. The summed E-state index contributed by atoms with van der Waals surface area (Å²) < 4.78 is 0. The van der Waals surface area contributed by atoms with Crippen molar-refractivity contribution in [2.75, 3.05) is 12.3 Å². The Labute approximate surface area is 121 Å². The van der Waals surface area contributed by atoms with Gasteiger partial charge in [-0.05, 0) is 30.4 Å². The molecule has 0 aliphatic carbocycles. The van der Waals surface area contributed by atoms with Crippen molar-refractivity contribution in [3.05, 3.63) is 36.2 Å². The van der Waals surface area contributed by atoms with Gasteiger partial charge < -0.3 is 15.7 Å². The van der Waals surface area contributed by atoms with Crippen molar-refractivity contribution in [1.82, 2.24) is 9.88 Å². The third-order valence-electron chi connectivity index (χ3n) is 3.82. The van der Waals surface area contributed by atoms with Gasteiger partial charge in [0.15, 0.2) is 0 Å². The Hall–Kier alpha value is -2.63. The topological polar surface area (TPSA) is 96.5 Å². The number of aliphatic carboxylic acids is 1. The highest BCUT2D eigenvalue weighted by molar-refractivity contribution is 6.10. The average Bonchev–Trinajstić information content (AvgIpc) is 2.96. The molecular formula is C15H15N3O3. The lowest BCUT2D eigenvalue weighted by Crippen LogP contribution is -2.40. The van der Waals surface area contributed by atoms with Gasteiger partial charge in [-0.25, -0.2) is 4.79 Å². The molecule has 1 aliphatic heterocycles. The SMILES string of the molecule is Nc1cccc2ccnc(C(=O)N3CCCC3C(=O)O)c12. The average molecular weight is 285 g/mol. The van der Waals surface area contributed by atoms with Crippen LogP contribution in [0.1, 0.15) is 23.3 Å². The Bertz CT molecular complexity index is 724. The number of anilines is 1. The molecule has 3 N–H and O–H groups in total. The summed E-state index contributed by atoms with van der Waals surface area (Å²) in [5.74, 6) is -1.35. The molecule has 2 aromatic rings. The van der Waals surface area contributed by atoms with Gasteiger partial charge in [0.05, 0.1) is 0 Å². The number of carboxylic acid groups (broad SMARTS) is 1. The molecule has 21 heavy (non-hydrogen) atoms. The van der Waals surface area contributed by atoms with Gasteiger partial charge in [-0.2, -0.15) is 0 Å². The number of carbonyl (C=O) groups is 2. The molecule has 3 rings (SSSR count). The second kappa shape index (κ2) is 5.05. The number of aromatic nitrogens is 1. The van der Waals surface area contributed by atoms with Crippen LogP contribution in [0, 0.1) is 0 Å². The van der Waals surface area contributed by atoms with Crippen molar-refractivity contribution >= 4 is 28.3 Å². The van der Waals surface area contributed by atoms with Crippen LogP contribution in [0.4, 0.5) is 5.69 Å². The molecule has 2 heterocycles. The van der Waals surface area contributed by atoms with E-state index in [1.165, 1.54) is 4.90 Å². The summed E-state index contributed by atoms with van der Waals surface area (Å²) in [6.07, 6.45) is 2.70. The van der Waals surface area contributed by atoms with Crippen LogP contribution >= 0.6 is 0 Å². The van der Waals surface area contributed by atoms with E-state index in [9.17, 15) is 14.7 Å². The zero-order valence-electron chi connectivity index (χ0n) is 11.3. The molecule has 6 nitrogen and oxygen atoms in total. The molecule has 108 valence electrons. The van der Waals surface area contributed by atoms with Crippen LogP contribution in [-0.4, -0.2) is 39.5 Å². The van der Waals surface area contributed by atoms with Crippen molar-refractivity contribution in [3.8, 4) is 0 Å². The highest BCUT2D eigenvalue weighted by atomic mass is 16.4. The number of rotatable bonds is 2. The van der Waals surface area contributed by atoms with Gasteiger partial charge >= 0.3 is 5.97 Å². The van der Waals surface area contributed by atoms with Gasteiger partial charge in [-0.1, -0.05) is 12.1 Å². The van der Waals surface area contributed by atoms with Gasteiger partial charge in [-0.15, -0.1) is 0 Å². The van der Waals surface area contributed by atoms with E-state index in [0.29, 0.717) is 30.5 Å². The predicted molar refractivity (Wildman–Crippen MR) is 77.8 cm³/mol. The van der Waals surface area contributed by atoms with E-state index in [1.807, 2.05) is 12.1 Å². The fourth-order valence-electron chi connectivity index (χ4n) is 2.82. The smallest absolute Gasteiger partial charge is 0.326 e. The first kappa shape index (κ1) is 13.4. The number of nitrogens with two attached hydrogens (primary N) is 1. The molecule has 1 amide bonds. The summed E-state index contributed by atoms with van der Waals surface area (Å²) in [5, 5.41) is 10.6. The van der Waals surface area contributed by atoms with Crippen molar-refractivity contribution in [2.45, 2.75) is 18.9 Å². The number of pyridine rings is 1. The van der Waals surface area contributed by atoms with E-state index in [-0.39, 0.29) is 11.6 Å². The zero-order chi connectivity index (χ0) is 15.0. The molecule has 1 aliphatic rings. The minimum atomic E-state index is -0.978. The molecule has 6 heteroatoms. The van der Waals surface area contributed by atoms with E-state index < -0.39 is 12.0 Å².